The molecule has 0 unspecified atom stereocenters. The lowest BCUT2D eigenvalue weighted by atomic mass is 9.91. The SMILES string of the molecule is Cn1c(=O)c2[nH]c(N[C@@H]3CCCC[C@H]3N)nc2n(C)c1=O. The number of nitrogens with one attached hydrogen (secondary N) is 2. The summed E-state index contributed by atoms with van der Waals surface area (Å²) in [5.74, 6) is 0.491. The highest BCUT2D eigenvalue weighted by atomic mass is 16.2. The molecule has 0 radical (unpaired) electrons. The maximum atomic E-state index is 12.1. The second-order valence-electron chi connectivity index (χ2n) is 5.69. The zero-order valence-corrected chi connectivity index (χ0v) is 12.2. The highest BCUT2D eigenvalue weighted by Crippen LogP contribution is 2.20. The van der Waals surface area contributed by atoms with E-state index in [1.165, 1.54) is 11.6 Å². The summed E-state index contributed by atoms with van der Waals surface area (Å²) in [5, 5.41) is 3.26. The normalized spacial score (nSPS) is 22.6. The van der Waals surface area contributed by atoms with E-state index < -0.39 is 0 Å². The molecule has 8 heteroatoms. The van der Waals surface area contributed by atoms with E-state index in [1.807, 2.05) is 0 Å². The first-order valence-electron chi connectivity index (χ1n) is 7.17. The Morgan fingerprint density at radius 3 is 2.67 bits per heavy atom. The molecule has 1 fully saturated rings. The number of hydrogen-bond donors (Lipinski definition) is 3. The van der Waals surface area contributed by atoms with Crippen LogP contribution in [0.1, 0.15) is 25.7 Å². The van der Waals surface area contributed by atoms with Gasteiger partial charge in [-0.25, -0.2) is 4.79 Å². The molecule has 0 spiro atoms. The lowest BCUT2D eigenvalue weighted by molar-refractivity contribution is 0.403. The summed E-state index contributed by atoms with van der Waals surface area (Å²) in [6, 6.07) is 0.221. The molecule has 2 aromatic rings. The average Bonchev–Trinajstić information content (AvgIpc) is 2.89. The van der Waals surface area contributed by atoms with Gasteiger partial charge in [-0.05, 0) is 12.8 Å². The van der Waals surface area contributed by atoms with E-state index in [2.05, 4.69) is 15.3 Å². The van der Waals surface area contributed by atoms with Gasteiger partial charge in [0.05, 0.1) is 0 Å². The van der Waals surface area contributed by atoms with Crippen molar-refractivity contribution in [1.82, 2.24) is 19.1 Å². The summed E-state index contributed by atoms with van der Waals surface area (Å²) < 4.78 is 2.43. The molecule has 1 aliphatic carbocycles. The Morgan fingerprint density at radius 2 is 1.95 bits per heavy atom. The highest BCUT2D eigenvalue weighted by molar-refractivity contribution is 5.72. The van der Waals surface area contributed by atoms with Crippen LogP contribution in [0, 0.1) is 0 Å². The first-order chi connectivity index (χ1) is 9.99. The fraction of sp³-hybridized carbons (Fsp3) is 0.615. The third-order valence-electron chi connectivity index (χ3n) is 4.24. The maximum absolute atomic E-state index is 12.1. The number of H-pyrrole nitrogens is 1. The lowest BCUT2D eigenvalue weighted by Gasteiger charge is -2.28. The minimum absolute atomic E-state index is 0.0821. The van der Waals surface area contributed by atoms with Crippen LogP contribution < -0.4 is 22.3 Å². The zero-order valence-electron chi connectivity index (χ0n) is 12.2. The predicted molar refractivity (Wildman–Crippen MR) is 80.4 cm³/mol. The quantitative estimate of drug-likeness (QED) is 0.700. The number of nitrogens with zero attached hydrogens (tertiary/aromatic N) is 3. The first kappa shape index (κ1) is 13.9. The molecular formula is C13H20N6O2. The number of nitrogens with two attached hydrogens (primary N) is 1. The standard InChI is InChI=1S/C13H20N6O2/c1-18-10-9(11(20)19(2)13(18)21)16-12(17-10)15-8-6-4-3-5-7(8)14/h7-8H,3-6,14H2,1-2H3,(H2,15,16,17)/t7-,8-/m1/s1. The van der Waals surface area contributed by atoms with Gasteiger partial charge in [-0.3, -0.25) is 13.9 Å². The van der Waals surface area contributed by atoms with Crippen molar-refractivity contribution in [3.8, 4) is 0 Å². The van der Waals surface area contributed by atoms with E-state index in [9.17, 15) is 9.59 Å². The van der Waals surface area contributed by atoms with E-state index >= 15 is 0 Å². The number of aromatic amines is 1. The van der Waals surface area contributed by atoms with Crippen molar-refractivity contribution in [1.29, 1.82) is 0 Å². The van der Waals surface area contributed by atoms with Crippen molar-refractivity contribution in [2.24, 2.45) is 19.8 Å². The number of rotatable bonds is 2. The van der Waals surface area contributed by atoms with Crippen molar-refractivity contribution < 1.29 is 0 Å². The molecule has 0 amide bonds. The number of aromatic nitrogens is 4. The monoisotopic (exact) mass is 292 g/mol. The van der Waals surface area contributed by atoms with Crippen LogP contribution in [0.4, 0.5) is 5.95 Å². The third kappa shape index (κ3) is 2.25. The van der Waals surface area contributed by atoms with Crippen LogP contribution in [0.15, 0.2) is 9.59 Å². The Hall–Kier alpha value is -2.09. The molecule has 0 saturated heterocycles. The molecule has 2 heterocycles. The fourth-order valence-corrected chi connectivity index (χ4v) is 2.91. The van der Waals surface area contributed by atoms with Gasteiger partial charge in [0, 0.05) is 26.2 Å². The number of imidazole rings is 1. The Kier molecular flexibility index (Phi) is 3.32. The number of fused-ring (bicyclic) bond motifs is 1. The fourth-order valence-electron chi connectivity index (χ4n) is 2.91. The van der Waals surface area contributed by atoms with Gasteiger partial charge in [-0.2, -0.15) is 4.98 Å². The largest absolute Gasteiger partial charge is 0.351 e. The van der Waals surface area contributed by atoms with Gasteiger partial charge >= 0.3 is 5.69 Å². The van der Waals surface area contributed by atoms with Gasteiger partial charge in [-0.15, -0.1) is 0 Å². The molecule has 8 nitrogen and oxygen atoms in total. The summed E-state index contributed by atoms with van der Waals surface area (Å²) in [6.07, 6.45) is 4.24. The van der Waals surface area contributed by atoms with Gasteiger partial charge < -0.3 is 16.0 Å². The Labute approximate surface area is 121 Å². The summed E-state index contributed by atoms with van der Waals surface area (Å²) in [5.41, 5.74) is 6.02. The smallest absolute Gasteiger partial charge is 0.332 e. The predicted octanol–water partition coefficient (Wildman–Crippen LogP) is -0.358. The van der Waals surface area contributed by atoms with Crippen LogP contribution in [0.2, 0.25) is 0 Å². The second kappa shape index (κ2) is 5.03. The number of aryl methyl sites for hydroxylation is 1. The molecule has 1 saturated carbocycles. The Morgan fingerprint density at radius 1 is 1.24 bits per heavy atom. The molecule has 2 aromatic heterocycles. The molecular weight excluding hydrogens is 272 g/mol. The minimum atomic E-state index is -0.389. The van der Waals surface area contributed by atoms with Gasteiger partial charge in [0.2, 0.25) is 5.95 Å². The van der Waals surface area contributed by atoms with Crippen molar-refractivity contribution in [3.05, 3.63) is 20.8 Å². The molecule has 0 aromatic carbocycles. The van der Waals surface area contributed by atoms with Crippen LogP contribution in [0.5, 0.6) is 0 Å². The van der Waals surface area contributed by atoms with Crippen molar-refractivity contribution in [2.45, 2.75) is 37.8 Å². The van der Waals surface area contributed by atoms with E-state index in [0.29, 0.717) is 17.1 Å². The molecule has 1 aliphatic rings. The molecule has 21 heavy (non-hydrogen) atoms. The van der Waals surface area contributed by atoms with E-state index in [0.717, 1.165) is 30.3 Å². The van der Waals surface area contributed by atoms with E-state index in [-0.39, 0.29) is 23.3 Å². The van der Waals surface area contributed by atoms with Crippen molar-refractivity contribution in [2.75, 3.05) is 5.32 Å². The highest BCUT2D eigenvalue weighted by Gasteiger charge is 2.23. The zero-order chi connectivity index (χ0) is 15.1. The average molecular weight is 292 g/mol. The molecule has 0 aliphatic heterocycles. The summed E-state index contributed by atoms with van der Waals surface area (Å²) in [6.45, 7) is 0. The van der Waals surface area contributed by atoms with Crippen molar-refractivity contribution in [3.63, 3.8) is 0 Å². The molecule has 4 N–H and O–H groups in total. The van der Waals surface area contributed by atoms with Crippen LogP contribution in [0.25, 0.3) is 11.2 Å². The third-order valence-corrected chi connectivity index (χ3v) is 4.24. The van der Waals surface area contributed by atoms with E-state index in [4.69, 9.17) is 5.73 Å². The van der Waals surface area contributed by atoms with Crippen LogP contribution in [-0.4, -0.2) is 31.2 Å². The Balaban J connectivity index is 2.02. The Bertz CT molecular complexity index is 786. The number of hydrogen-bond acceptors (Lipinski definition) is 5. The summed E-state index contributed by atoms with van der Waals surface area (Å²) in [7, 11) is 3.05. The summed E-state index contributed by atoms with van der Waals surface area (Å²) in [4.78, 5) is 31.3. The summed E-state index contributed by atoms with van der Waals surface area (Å²) >= 11 is 0. The topological polar surface area (TPSA) is 111 Å². The molecule has 0 bridgehead atoms. The van der Waals surface area contributed by atoms with Crippen LogP contribution in [-0.2, 0) is 14.1 Å². The minimum Gasteiger partial charge on any atom is -0.351 e. The first-order valence-corrected chi connectivity index (χ1v) is 7.17. The van der Waals surface area contributed by atoms with Crippen LogP contribution >= 0.6 is 0 Å². The van der Waals surface area contributed by atoms with Crippen molar-refractivity contribution >= 4 is 17.1 Å². The van der Waals surface area contributed by atoms with Gasteiger partial charge in [0.1, 0.15) is 0 Å². The second-order valence-corrected chi connectivity index (χ2v) is 5.69. The van der Waals surface area contributed by atoms with E-state index in [1.54, 1.807) is 7.05 Å². The number of anilines is 1. The van der Waals surface area contributed by atoms with Crippen LogP contribution in [0.3, 0.4) is 0 Å². The van der Waals surface area contributed by atoms with Gasteiger partial charge in [0.15, 0.2) is 11.2 Å². The molecule has 3 rings (SSSR count). The van der Waals surface area contributed by atoms with Gasteiger partial charge in [0.25, 0.3) is 5.56 Å². The molecule has 114 valence electrons. The van der Waals surface area contributed by atoms with Gasteiger partial charge in [-0.1, -0.05) is 12.8 Å². The maximum Gasteiger partial charge on any atom is 0.332 e. The molecule has 2 atom stereocenters. The lowest BCUT2D eigenvalue weighted by Crippen LogP contribution is -2.42.